The first-order valence-corrected chi connectivity index (χ1v) is 8.51. The molecule has 0 aliphatic rings. The van der Waals surface area contributed by atoms with E-state index < -0.39 is 17.8 Å². The number of fused-ring (bicyclic) bond motifs is 1. The van der Waals surface area contributed by atoms with E-state index in [2.05, 4.69) is 20.5 Å². The Kier molecular flexibility index (Phi) is 4.36. The molecule has 0 radical (unpaired) electrons. The number of carbonyl (C=O) groups excluding carboxylic acids is 1. The molecule has 0 atom stereocenters. The van der Waals surface area contributed by atoms with Crippen LogP contribution in [-0.4, -0.2) is 30.3 Å². The Morgan fingerprint density at radius 3 is 2.72 bits per heavy atom. The van der Waals surface area contributed by atoms with Crippen LogP contribution in [-0.2, 0) is 19.8 Å². The standard InChI is InChI=1S/C18H15F3N6O2/c1-10-11(9-23-26(10)2)8-22-17(28)13-7-16-24-12(14-4-3-5-29-14)6-15(18(19,20)21)27(16)25-13/h3-7,9H,8H2,1-2H3,(H,22,28). The second kappa shape index (κ2) is 6.76. The Morgan fingerprint density at radius 1 is 1.31 bits per heavy atom. The lowest BCUT2D eigenvalue weighted by atomic mass is 10.2. The summed E-state index contributed by atoms with van der Waals surface area (Å²) in [6, 6.07) is 5.08. The van der Waals surface area contributed by atoms with E-state index in [-0.39, 0.29) is 29.3 Å². The molecule has 1 N–H and O–H groups in total. The highest BCUT2D eigenvalue weighted by Crippen LogP contribution is 2.32. The zero-order valence-corrected chi connectivity index (χ0v) is 15.4. The van der Waals surface area contributed by atoms with Gasteiger partial charge in [0.25, 0.3) is 5.91 Å². The number of nitrogens with zero attached hydrogens (tertiary/aromatic N) is 5. The maximum absolute atomic E-state index is 13.5. The summed E-state index contributed by atoms with van der Waals surface area (Å²) >= 11 is 0. The minimum atomic E-state index is -4.70. The SMILES string of the molecule is Cc1c(CNC(=O)c2cc3nc(-c4ccco4)cc(C(F)(F)F)n3n2)cnn1C. The summed E-state index contributed by atoms with van der Waals surface area (Å²) in [5, 5.41) is 10.5. The van der Waals surface area contributed by atoms with E-state index in [1.807, 2.05) is 6.92 Å². The van der Waals surface area contributed by atoms with E-state index >= 15 is 0 Å². The summed E-state index contributed by atoms with van der Waals surface area (Å²) in [7, 11) is 1.77. The quantitative estimate of drug-likeness (QED) is 0.565. The van der Waals surface area contributed by atoms with Crippen molar-refractivity contribution in [2.45, 2.75) is 19.6 Å². The van der Waals surface area contributed by atoms with Gasteiger partial charge in [-0.05, 0) is 25.1 Å². The van der Waals surface area contributed by atoms with Gasteiger partial charge in [-0.3, -0.25) is 9.48 Å². The Hall–Kier alpha value is -3.63. The van der Waals surface area contributed by atoms with Crippen LogP contribution in [0.1, 0.15) is 27.4 Å². The first kappa shape index (κ1) is 18.7. The van der Waals surface area contributed by atoms with Gasteiger partial charge in [0.05, 0.1) is 12.5 Å². The molecule has 150 valence electrons. The lowest BCUT2D eigenvalue weighted by Crippen LogP contribution is -2.23. The van der Waals surface area contributed by atoms with Crippen molar-refractivity contribution in [1.82, 2.24) is 29.7 Å². The predicted molar refractivity (Wildman–Crippen MR) is 94.8 cm³/mol. The minimum Gasteiger partial charge on any atom is -0.463 e. The van der Waals surface area contributed by atoms with Crippen LogP contribution in [0.3, 0.4) is 0 Å². The maximum atomic E-state index is 13.5. The Labute approximate surface area is 162 Å². The monoisotopic (exact) mass is 404 g/mol. The molecule has 0 bridgehead atoms. The molecule has 0 saturated carbocycles. The minimum absolute atomic E-state index is 0.00679. The van der Waals surface area contributed by atoms with Gasteiger partial charge in [-0.1, -0.05) is 0 Å². The van der Waals surface area contributed by atoms with Crippen LogP contribution in [0, 0.1) is 6.92 Å². The van der Waals surface area contributed by atoms with Gasteiger partial charge < -0.3 is 9.73 Å². The largest absolute Gasteiger partial charge is 0.463 e. The first-order chi connectivity index (χ1) is 13.7. The number of carbonyl (C=O) groups is 1. The number of furan rings is 1. The highest BCUT2D eigenvalue weighted by atomic mass is 19.4. The third kappa shape index (κ3) is 3.46. The summed E-state index contributed by atoms with van der Waals surface area (Å²) < 4.78 is 48.0. The molecule has 4 aromatic heterocycles. The number of aromatic nitrogens is 5. The van der Waals surface area contributed by atoms with E-state index in [1.165, 1.54) is 18.4 Å². The molecule has 8 nitrogen and oxygen atoms in total. The van der Waals surface area contributed by atoms with Crippen molar-refractivity contribution < 1.29 is 22.4 Å². The zero-order valence-electron chi connectivity index (χ0n) is 15.4. The number of rotatable bonds is 4. The number of aryl methyl sites for hydroxylation is 1. The number of hydrogen-bond acceptors (Lipinski definition) is 5. The summed E-state index contributed by atoms with van der Waals surface area (Å²) in [5.41, 5.74) is 0.294. The van der Waals surface area contributed by atoms with Gasteiger partial charge >= 0.3 is 6.18 Å². The number of alkyl halides is 3. The summed E-state index contributed by atoms with van der Waals surface area (Å²) in [4.78, 5) is 16.6. The van der Waals surface area contributed by atoms with Gasteiger partial charge in [-0.25, -0.2) is 9.50 Å². The number of hydrogen-bond donors (Lipinski definition) is 1. The van der Waals surface area contributed by atoms with Gasteiger partial charge in [0.2, 0.25) is 0 Å². The fourth-order valence-corrected chi connectivity index (χ4v) is 2.82. The van der Waals surface area contributed by atoms with E-state index in [0.717, 1.165) is 17.3 Å². The summed E-state index contributed by atoms with van der Waals surface area (Å²) in [5.74, 6) is -0.441. The highest BCUT2D eigenvalue weighted by molar-refractivity contribution is 5.93. The van der Waals surface area contributed by atoms with Gasteiger partial charge in [-0.2, -0.15) is 23.4 Å². The average Bonchev–Trinajstić information content (AvgIpc) is 3.40. The molecule has 4 rings (SSSR count). The molecule has 11 heteroatoms. The molecule has 4 heterocycles. The van der Waals surface area contributed by atoms with Crippen LogP contribution in [0.15, 0.2) is 41.1 Å². The molecule has 0 spiro atoms. The van der Waals surface area contributed by atoms with Crippen LogP contribution < -0.4 is 5.32 Å². The third-order valence-electron chi connectivity index (χ3n) is 4.50. The second-order valence-electron chi connectivity index (χ2n) is 6.36. The maximum Gasteiger partial charge on any atom is 0.433 e. The number of amides is 1. The van der Waals surface area contributed by atoms with E-state index in [1.54, 1.807) is 24.0 Å². The molecule has 0 aromatic carbocycles. The van der Waals surface area contributed by atoms with Crippen molar-refractivity contribution in [2.75, 3.05) is 0 Å². The molecule has 1 amide bonds. The van der Waals surface area contributed by atoms with Crippen LogP contribution in [0.4, 0.5) is 13.2 Å². The number of nitrogens with one attached hydrogen (secondary N) is 1. The van der Waals surface area contributed by atoms with Crippen molar-refractivity contribution >= 4 is 11.6 Å². The first-order valence-electron chi connectivity index (χ1n) is 8.51. The molecule has 0 saturated heterocycles. The van der Waals surface area contributed by atoms with Gasteiger partial charge in [0, 0.05) is 30.9 Å². The topological polar surface area (TPSA) is 90.2 Å². The molecule has 0 aliphatic carbocycles. The van der Waals surface area contributed by atoms with Gasteiger partial charge in [0.15, 0.2) is 22.8 Å². The molecule has 4 aromatic rings. The third-order valence-corrected chi connectivity index (χ3v) is 4.50. The molecule has 0 unspecified atom stereocenters. The smallest absolute Gasteiger partial charge is 0.433 e. The van der Waals surface area contributed by atoms with Crippen molar-refractivity contribution in [2.24, 2.45) is 7.05 Å². The van der Waals surface area contributed by atoms with Crippen LogP contribution in [0.5, 0.6) is 0 Å². The Bertz CT molecular complexity index is 1190. The van der Waals surface area contributed by atoms with Gasteiger partial charge in [-0.15, -0.1) is 0 Å². The van der Waals surface area contributed by atoms with E-state index in [9.17, 15) is 18.0 Å². The molecular formula is C18H15F3N6O2. The fourth-order valence-electron chi connectivity index (χ4n) is 2.82. The summed E-state index contributed by atoms with van der Waals surface area (Å²) in [6.45, 7) is 2.01. The average molecular weight is 404 g/mol. The van der Waals surface area contributed by atoms with Crippen LogP contribution in [0.25, 0.3) is 17.1 Å². The normalized spacial score (nSPS) is 11.9. The predicted octanol–water partition coefficient (Wildman–Crippen LogP) is 2.98. The second-order valence-corrected chi connectivity index (χ2v) is 6.36. The van der Waals surface area contributed by atoms with Crippen LogP contribution in [0.2, 0.25) is 0 Å². The highest BCUT2D eigenvalue weighted by Gasteiger charge is 2.36. The molecule has 29 heavy (non-hydrogen) atoms. The number of halogens is 3. The summed E-state index contributed by atoms with van der Waals surface area (Å²) in [6.07, 6.45) is -1.75. The van der Waals surface area contributed by atoms with Crippen molar-refractivity contribution in [1.29, 1.82) is 0 Å². The fraction of sp³-hybridized carbons (Fsp3) is 0.222. The van der Waals surface area contributed by atoms with Crippen LogP contribution >= 0.6 is 0 Å². The van der Waals surface area contributed by atoms with Crippen molar-refractivity contribution in [3.05, 3.63) is 59.4 Å². The Morgan fingerprint density at radius 2 is 2.10 bits per heavy atom. The lowest BCUT2D eigenvalue weighted by molar-refractivity contribution is -0.142. The van der Waals surface area contributed by atoms with E-state index in [0.29, 0.717) is 4.52 Å². The molecule has 0 aliphatic heterocycles. The zero-order chi connectivity index (χ0) is 20.8. The Balaban J connectivity index is 1.69. The van der Waals surface area contributed by atoms with Gasteiger partial charge in [0.1, 0.15) is 5.69 Å². The lowest BCUT2D eigenvalue weighted by Gasteiger charge is -2.09. The molecule has 0 fully saturated rings. The van der Waals surface area contributed by atoms with Crippen molar-refractivity contribution in [3.63, 3.8) is 0 Å². The van der Waals surface area contributed by atoms with Crippen molar-refractivity contribution in [3.8, 4) is 11.5 Å². The van der Waals surface area contributed by atoms with E-state index in [4.69, 9.17) is 4.42 Å². The molecular weight excluding hydrogens is 389 g/mol.